The third-order valence-corrected chi connectivity index (χ3v) is 22.2. The lowest BCUT2D eigenvalue weighted by molar-refractivity contribution is -0.161. The lowest BCUT2D eigenvalue weighted by Crippen LogP contribution is -2.30. The Morgan fingerprint density at radius 2 is 0.438 bits per heavy atom. The van der Waals surface area contributed by atoms with Crippen LogP contribution in [-0.2, 0) is 65.4 Å². The number of ether oxygens (including phenoxy) is 4. The van der Waals surface area contributed by atoms with Gasteiger partial charge in [-0.15, -0.1) is 0 Å². The quantitative estimate of drug-likeness (QED) is 0.0222. The van der Waals surface area contributed by atoms with Gasteiger partial charge in [-0.25, -0.2) is 9.13 Å². The molecule has 0 aliphatic rings. The first-order chi connectivity index (χ1) is 51.0. The average molecular weight is 1540 g/mol. The van der Waals surface area contributed by atoms with Crippen molar-refractivity contribution in [3.05, 3.63) is 0 Å². The standard InChI is InChI=1S/C86H168O17P2/c1-6-9-12-15-18-21-24-27-29-30-31-32-33-36-42-47-52-57-62-67-72-86(91)103-82(76-97-84(89)70-65-60-55-50-45-41-37-34-35-39-43-48-53-58-63-68-79(4)5)78-101-105(94,95)99-74-80(87)73-98-104(92,93)100-77-81(75-96-83(88)69-64-59-54-49-44-38-26-23-20-17-14-11-8-3)102-85(90)71-66-61-56-51-46-40-28-25-22-19-16-13-10-7-2/h79-82,87H,6-78H2,1-5H3,(H,92,93)(H,94,95)/t80-,81+,82+/m0/s1. The molecule has 2 unspecified atom stereocenters. The van der Waals surface area contributed by atoms with Crippen molar-refractivity contribution in [2.75, 3.05) is 39.6 Å². The predicted octanol–water partition coefficient (Wildman–Crippen LogP) is 26.4. The van der Waals surface area contributed by atoms with Crippen molar-refractivity contribution in [2.24, 2.45) is 5.92 Å². The molecule has 0 saturated carbocycles. The summed E-state index contributed by atoms with van der Waals surface area (Å²) in [6.07, 6.45) is 72.1. The fourth-order valence-electron chi connectivity index (χ4n) is 13.5. The van der Waals surface area contributed by atoms with E-state index >= 15 is 0 Å². The third kappa shape index (κ3) is 79.9. The number of phosphoric acid groups is 2. The molecule has 624 valence electrons. The van der Waals surface area contributed by atoms with E-state index in [1.54, 1.807) is 0 Å². The summed E-state index contributed by atoms with van der Waals surface area (Å²) in [5.74, 6) is -1.29. The molecular formula is C86H168O17P2. The van der Waals surface area contributed by atoms with E-state index in [0.29, 0.717) is 25.7 Å². The predicted molar refractivity (Wildman–Crippen MR) is 432 cm³/mol. The molecule has 105 heavy (non-hydrogen) atoms. The summed E-state index contributed by atoms with van der Waals surface area (Å²) in [6, 6.07) is 0. The molecule has 0 aliphatic heterocycles. The third-order valence-electron chi connectivity index (χ3n) is 20.3. The molecule has 0 saturated heterocycles. The molecule has 0 aromatic rings. The Kier molecular flexibility index (Phi) is 77.3. The molecule has 17 nitrogen and oxygen atoms in total. The maximum absolute atomic E-state index is 13.2. The fourth-order valence-corrected chi connectivity index (χ4v) is 15.1. The van der Waals surface area contributed by atoms with Crippen molar-refractivity contribution in [3.8, 4) is 0 Å². The number of carbonyl (C=O) groups is 4. The summed E-state index contributed by atoms with van der Waals surface area (Å²) < 4.78 is 68.9. The SMILES string of the molecule is CCCCCCCCCCCCCCCCCCCCCCC(=O)O[C@H](COC(=O)CCCCCCCCCCCCCCCCCC(C)C)COP(=O)(O)OC[C@@H](O)COP(=O)(O)OC[C@@H](COC(=O)CCCCCCCCCCCCCCC)OC(=O)CCCCCCCCCCCCCCCC. The van der Waals surface area contributed by atoms with E-state index in [-0.39, 0.29) is 25.7 Å². The van der Waals surface area contributed by atoms with Gasteiger partial charge >= 0.3 is 39.5 Å². The van der Waals surface area contributed by atoms with E-state index in [4.69, 9.17) is 37.0 Å². The highest BCUT2D eigenvalue weighted by Crippen LogP contribution is 2.45. The topological polar surface area (TPSA) is 237 Å². The van der Waals surface area contributed by atoms with Crippen LogP contribution in [0.5, 0.6) is 0 Å². The lowest BCUT2D eigenvalue weighted by Gasteiger charge is -2.21. The van der Waals surface area contributed by atoms with Crippen molar-refractivity contribution in [2.45, 2.75) is 483 Å². The van der Waals surface area contributed by atoms with Gasteiger partial charge in [0.2, 0.25) is 0 Å². The monoisotopic (exact) mass is 1540 g/mol. The number of aliphatic hydroxyl groups is 1. The van der Waals surface area contributed by atoms with Crippen LogP contribution in [0.4, 0.5) is 0 Å². The Morgan fingerprint density at radius 3 is 0.648 bits per heavy atom. The number of hydrogen-bond acceptors (Lipinski definition) is 15. The van der Waals surface area contributed by atoms with Gasteiger partial charge in [0.05, 0.1) is 26.4 Å². The van der Waals surface area contributed by atoms with Crippen molar-refractivity contribution < 1.29 is 80.2 Å². The summed E-state index contributed by atoms with van der Waals surface area (Å²) in [5, 5.41) is 10.7. The van der Waals surface area contributed by atoms with E-state index in [1.807, 2.05) is 0 Å². The van der Waals surface area contributed by atoms with E-state index in [1.165, 1.54) is 289 Å². The Morgan fingerprint density at radius 1 is 0.257 bits per heavy atom. The van der Waals surface area contributed by atoms with Gasteiger partial charge in [0, 0.05) is 25.7 Å². The van der Waals surface area contributed by atoms with Crippen LogP contribution in [0.25, 0.3) is 0 Å². The molecule has 0 heterocycles. The fraction of sp³-hybridized carbons (Fsp3) is 0.953. The van der Waals surface area contributed by atoms with Crippen LogP contribution in [0.3, 0.4) is 0 Å². The number of unbranched alkanes of at least 4 members (excludes halogenated alkanes) is 58. The minimum atomic E-state index is -4.97. The minimum absolute atomic E-state index is 0.109. The maximum Gasteiger partial charge on any atom is 0.472 e. The van der Waals surface area contributed by atoms with Crippen LogP contribution in [0.1, 0.15) is 465 Å². The number of hydrogen-bond donors (Lipinski definition) is 3. The average Bonchev–Trinajstić information content (AvgIpc) is 0.920. The molecule has 0 aliphatic carbocycles. The van der Waals surface area contributed by atoms with E-state index in [0.717, 1.165) is 95.8 Å². The van der Waals surface area contributed by atoms with Gasteiger partial charge in [-0.05, 0) is 31.6 Å². The van der Waals surface area contributed by atoms with E-state index < -0.39 is 97.5 Å². The number of aliphatic hydroxyl groups excluding tert-OH is 1. The zero-order chi connectivity index (χ0) is 76.9. The van der Waals surface area contributed by atoms with Crippen LogP contribution in [0.15, 0.2) is 0 Å². The van der Waals surface area contributed by atoms with Crippen LogP contribution >= 0.6 is 15.6 Å². The Bertz CT molecular complexity index is 2000. The maximum atomic E-state index is 13.2. The lowest BCUT2D eigenvalue weighted by atomic mass is 10.0. The molecule has 5 atom stereocenters. The Labute approximate surface area is 645 Å². The van der Waals surface area contributed by atoms with Gasteiger partial charge in [0.25, 0.3) is 0 Å². The van der Waals surface area contributed by atoms with Crippen LogP contribution in [0, 0.1) is 5.92 Å². The highest BCUT2D eigenvalue weighted by atomic mass is 31.2. The molecule has 0 aromatic heterocycles. The summed E-state index contributed by atoms with van der Waals surface area (Å²) in [7, 11) is -9.93. The van der Waals surface area contributed by atoms with Crippen molar-refractivity contribution >= 4 is 39.5 Å². The minimum Gasteiger partial charge on any atom is -0.462 e. The first kappa shape index (κ1) is 103. The van der Waals surface area contributed by atoms with Crippen LogP contribution in [-0.4, -0.2) is 96.7 Å². The van der Waals surface area contributed by atoms with Gasteiger partial charge < -0.3 is 33.8 Å². The largest absolute Gasteiger partial charge is 0.472 e. The first-order valence-corrected chi connectivity index (χ1v) is 47.6. The second-order valence-corrected chi connectivity index (χ2v) is 34.3. The molecule has 0 fully saturated rings. The van der Waals surface area contributed by atoms with Gasteiger partial charge in [-0.3, -0.25) is 37.3 Å². The normalized spacial score (nSPS) is 13.8. The molecule has 0 spiro atoms. The second kappa shape index (κ2) is 78.7. The molecule has 0 amide bonds. The molecule has 0 rings (SSSR count). The number of esters is 4. The number of carbonyl (C=O) groups excluding carboxylic acids is 4. The number of phosphoric ester groups is 2. The summed E-state index contributed by atoms with van der Waals surface area (Å²) in [6.45, 7) is 7.40. The zero-order valence-corrected chi connectivity index (χ0v) is 70.7. The Balaban J connectivity index is 5.25. The molecule has 0 radical (unpaired) electrons. The van der Waals surface area contributed by atoms with E-state index in [2.05, 4.69) is 34.6 Å². The summed E-state index contributed by atoms with van der Waals surface area (Å²) in [4.78, 5) is 73.3. The zero-order valence-electron chi connectivity index (χ0n) is 68.9. The van der Waals surface area contributed by atoms with Gasteiger partial charge in [0.1, 0.15) is 19.3 Å². The first-order valence-electron chi connectivity index (χ1n) is 44.6. The summed E-state index contributed by atoms with van der Waals surface area (Å²) in [5.41, 5.74) is 0. The van der Waals surface area contributed by atoms with E-state index in [9.17, 15) is 43.2 Å². The molecule has 0 aromatic carbocycles. The summed E-state index contributed by atoms with van der Waals surface area (Å²) >= 11 is 0. The van der Waals surface area contributed by atoms with Gasteiger partial charge in [-0.2, -0.15) is 0 Å². The van der Waals surface area contributed by atoms with Crippen LogP contribution < -0.4 is 0 Å². The highest BCUT2D eigenvalue weighted by molar-refractivity contribution is 7.47. The highest BCUT2D eigenvalue weighted by Gasteiger charge is 2.30. The molecule has 3 N–H and O–H groups in total. The number of rotatable bonds is 86. The van der Waals surface area contributed by atoms with Crippen molar-refractivity contribution in [1.29, 1.82) is 0 Å². The second-order valence-electron chi connectivity index (χ2n) is 31.4. The van der Waals surface area contributed by atoms with Crippen molar-refractivity contribution in [3.63, 3.8) is 0 Å². The van der Waals surface area contributed by atoms with Gasteiger partial charge in [-0.1, -0.05) is 413 Å². The smallest absolute Gasteiger partial charge is 0.462 e. The van der Waals surface area contributed by atoms with Crippen LogP contribution in [0.2, 0.25) is 0 Å². The van der Waals surface area contributed by atoms with Crippen molar-refractivity contribution in [1.82, 2.24) is 0 Å². The molecule has 19 heteroatoms. The molecule has 0 bridgehead atoms. The van der Waals surface area contributed by atoms with Gasteiger partial charge in [0.15, 0.2) is 12.2 Å². The Hall–Kier alpha value is -1.94. The molecular weight excluding hydrogens is 1370 g/mol.